The Labute approximate surface area is 151 Å². The predicted octanol–water partition coefficient (Wildman–Crippen LogP) is 2.57. The van der Waals surface area contributed by atoms with Crippen LogP contribution in [0.3, 0.4) is 0 Å². The van der Waals surface area contributed by atoms with Crippen molar-refractivity contribution in [2.75, 3.05) is 26.6 Å². The quantitative estimate of drug-likeness (QED) is 0.750. The number of methoxy groups -OCH3 is 2. The van der Waals surface area contributed by atoms with E-state index < -0.39 is 21.7 Å². The molecule has 0 bridgehead atoms. The van der Waals surface area contributed by atoms with Crippen LogP contribution in [-0.2, 0) is 9.84 Å². The third-order valence-corrected chi connectivity index (χ3v) is 5.51. The fourth-order valence-corrected chi connectivity index (χ4v) is 3.89. The summed E-state index contributed by atoms with van der Waals surface area (Å²) in [7, 11) is -1.01. The van der Waals surface area contributed by atoms with Crippen LogP contribution in [0.5, 0.6) is 17.2 Å². The molecule has 0 heterocycles. The normalized spacial score (nSPS) is 12.5. The van der Waals surface area contributed by atoms with Crippen molar-refractivity contribution in [3.8, 4) is 17.2 Å². The standard InChI is InChI=1S/C17H19ClO6S/c1-22-13-7-8-16(23-2)17(9-13)25(20,21)11-12(19)10-24-15-6-4-3-5-14(15)18/h3-9,12,19H,10-11H2,1-2H3/t12-/m0/s1. The highest BCUT2D eigenvalue weighted by atomic mass is 35.5. The first-order valence-corrected chi connectivity index (χ1v) is 9.40. The molecule has 136 valence electrons. The first-order valence-electron chi connectivity index (χ1n) is 7.37. The summed E-state index contributed by atoms with van der Waals surface area (Å²) in [6.07, 6.45) is -1.24. The zero-order valence-corrected chi connectivity index (χ0v) is 15.4. The molecule has 2 aromatic rings. The van der Waals surface area contributed by atoms with Gasteiger partial charge in [0.1, 0.15) is 34.9 Å². The van der Waals surface area contributed by atoms with Gasteiger partial charge in [0, 0.05) is 6.07 Å². The Kier molecular flexibility index (Phi) is 6.52. The summed E-state index contributed by atoms with van der Waals surface area (Å²) in [5, 5.41) is 10.5. The fraction of sp³-hybridized carbons (Fsp3) is 0.294. The van der Waals surface area contributed by atoms with Gasteiger partial charge in [0.15, 0.2) is 9.84 Å². The summed E-state index contributed by atoms with van der Waals surface area (Å²) in [6, 6.07) is 11.2. The summed E-state index contributed by atoms with van der Waals surface area (Å²) in [5.74, 6) is 0.404. The highest BCUT2D eigenvalue weighted by Gasteiger charge is 2.25. The van der Waals surface area contributed by atoms with E-state index in [2.05, 4.69) is 0 Å². The summed E-state index contributed by atoms with van der Waals surface area (Å²) in [5.41, 5.74) is 0. The minimum Gasteiger partial charge on any atom is -0.497 e. The van der Waals surface area contributed by atoms with Crippen molar-refractivity contribution in [2.45, 2.75) is 11.0 Å². The summed E-state index contributed by atoms with van der Waals surface area (Å²) in [6.45, 7) is -0.213. The molecule has 0 aliphatic heterocycles. The predicted molar refractivity (Wildman–Crippen MR) is 94.6 cm³/mol. The van der Waals surface area contributed by atoms with E-state index in [1.165, 1.54) is 26.4 Å². The Morgan fingerprint density at radius 2 is 1.80 bits per heavy atom. The van der Waals surface area contributed by atoms with Crippen molar-refractivity contribution in [3.63, 3.8) is 0 Å². The number of ether oxygens (including phenoxy) is 3. The van der Waals surface area contributed by atoms with Gasteiger partial charge < -0.3 is 19.3 Å². The van der Waals surface area contributed by atoms with Gasteiger partial charge in [-0.05, 0) is 24.3 Å². The van der Waals surface area contributed by atoms with Crippen molar-refractivity contribution in [2.24, 2.45) is 0 Å². The molecule has 2 aromatic carbocycles. The Bertz CT molecular complexity index is 822. The summed E-state index contributed by atoms with van der Waals surface area (Å²) in [4.78, 5) is -0.0499. The lowest BCUT2D eigenvalue weighted by molar-refractivity contribution is 0.125. The van der Waals surface area contributed by atoms with E-state index in [1.54, 1.807) is 30.3 Å². The molecule has 0 unspecified atom stereocenters. The zero-order chi connectivity index (χ0) is 18.4. The number of hydrogen-bond acceptors (Lipinski definition) is 6. The lowest BCUT2D eigenvalue weighted by Gasteiger charge is -2.15. The van der Waals surface area contributed by atoms with Crippen molar-refractivity contribution >= 4 is 21.4 Å². The number of benzene rings is 2. The molecule has 0 aliphatic carbocycles. The third-order valence-electron chi connectivity index (χ3n) is 3.39. The number of para-hydroxylation sites is 1. The fourth-order valence-electron chi connectivity index (χ4n) is 2.17. The number of aliphatic hydroxyl groups excluding tert-OH is 1. The van der Waals surface area contributed by atoms with Gasteiger partial charge in [0.05, 0.1) is 25.0 Å². The molecular formula is C17H19ClO6S. The van der Waals surface area contributed by atoms with Crippen LogP contribution in [0.1, 0.15) is 0 Å². The van der Waals surface area contributed by atoms with Crippen LogP contribution >= 0.6 is 11.6 Å². The molecule has 1 atom stereocenters. The van der Waals surface area contributed by atoms with Crippen molar-refractivity contribution in [1.82, 2.24) is 0 Å². The topological polar surface area (TPSA) is 82.1 Å². The largest absolute Gasteiger partial charge is 0.497 e. The molecule has 0 aliphatic rings. The minimum absolute atomic E-state index is 0.0499. The number of hydrogen-bond donors (Lipinski definition) is 1. The molecule has 0 aromatic heterocycles. The molecule has 2 rings (SSSR count). The van der Waals surface area contributed by atoms with Crippen LogP contribution in [-0.4, -0.2) is 46.2 Å². The van der Waals surface area contributed by atoms with Crippen molar-refractivity contribution in [3.05, 3.63) is 47.5 Å². The minimum atomic E-state index is -3.82. The summed E-state index contributed by atoms with van der Waals surface area (Å²) >= 11 is 5.95. The van der Waals surface area contributed by atoms with E-state index >= 15 is 0 Å². The van der Waals surface area contributed by atoms with E-state index in [0.717, 1.165) is 0 Å². The van der Waals surface area contributed by atoms with Crippen molar-refractivity contribution < 1.29 is 27.7 Å². The first kappa shape index (κ1) is 19.4. The average molecular weight is 387 g/mol. The molecule has 0 spiro atoms. The zero-order valence-electron chi connectivity index (χ0n) is 13.8. The van der Waals surface area contributed by atoms with Crippen LogP contribution in [0.4, 0.5) is 0 Å². The van der Waals surface area contributed by atoms with Crippen LogP contribution in [0.15, 0.2) is 47.4 Å². The molecule has 0 amide bonds. The molecule has 8 heteroatoms. The Hall–Kier alpha value is -1.96. The number of sulfone groups is 1. The second-order valence-electron chi connectivity index (χ2n) is 5.19. The lowest BCUT2D eigenvalue weighted by Crippen LogP contribution is -2.27. The van der Waals surface area contributed by atoms with E-state index in [-0.39, 0.29) is 17.3 Å². The third kappa shape index (κ3) is 5.01. The van der Waals surface area contributed by atoms with Gasteiger partial charge >= 0.3 is 0 Å². The van der Waals surface area contributed by atoms with Gasteiger partial charge in [0.25, 0.3) is 0 Å². The second-order valence-corrected chi connectivity index (χ2v) is 7.60. The maximum atomic E-state index is 12.6. The van der Waals surface area contributed by atoms with Crippen LogP contribution in [0.25, 0.3) is 0 Å². The Balaban J connectivity index is 2.11. The highest BCUT2D eigenvalue weighted by molar-refractivity contribution is 7.91. The van der Waals surface area contributed by atoms with Gasteiger partial charge in [-0.2, -0.15) is 0 Å². The SMILES string of the molecule is COc1ccc(OC)c(S(=O)(=O)C[C@@H](O)COc2ccccc2Cl)c1. The van der Waals surface area contributed by atoms with Gasteiger partial charge in [-0.1, -0.05) is 23.7 Å². The number of aliphatic hydroxyl groups is 1. The van der Waals surface area contributed by atoms with Gasteiger partial charge in [-0.3, -0.25) is 0 Å². The molecule has 6 nitrogen and oxygen atoms in total. The molecule has 1 N–H and O–H groups in total. The van der Waals surface area contributed by atoms with Gasteiger partial charge in [-0.25, -0.2) is 8.42 Å². The van der Waals surface area contributed by atoms with E-state index in [9.17, 15) is 13.5 Å². The second kappa shape index (κ2) is 8.42. The maximum Gasteiger partial charge on any atom is 0.184 e. The van der Waals surface area contributed by atoms with Crippen molar-refractivity contribution in [1.29, 1.82) is 0 Å². The van der Waals surface area contributed by atoms with E-state index in [1.807, 2.05) is 0 Å². The lowest BCUT2D eigenvalue weighted by atomic mass is 10.3. The van der Waals surface area contributed by atoms with E-state index in [4.69, 9.17) is 25.8 Å². The molecule has 0 saturated heterocycles. The molecule has 0 radical (unpaired) electrons. The highest BCUT2D eigenvalue weighted by Crippen LogP contribution is 2.29. The Morgan fingerprint density at radius 3 is 2.44 bits per heavy atom. The van der Waals surface area contributed by atoms with Crippen LogP contribution < -0.4 is 14.2 Å². The number of halogens is 1. The average Bonchev–Trinajstić information content (AvgIpc) is 2.60. The molecular weight excluding hydrogens is 368 g/mol. The first-order chi connectivity index (χ1) is 11.9. The smallest absolute Gasteiger partial charge is 0.184 e. The van der Waals surface area contributed by atoms with Crippen LogP contribution in [0.2, 0.25) is 5.02 Å². The van der Waals surface area contributed by atoms with Gasteiger partial charge in [-0.15, -0.1) is 0 Å². The monoisotopic (exact) mass is 386 g/mol. The molecule has 25 heavy (non-hydrogen) atoms. The van der Waals surface area contributed by atoms with Crippen LogP contribution in [0, 0.1) is 0 Å². The van der Waals surface area contributed by atoms with E-state index in [0.29, 0.717) is 16.5 Å². The maximum absolute atomic E-state index is 12.6. The number of rotatable bonds is 8. The molecule has 0 fully saturated rings. The van der Waals surface area contributed by atoms with Gasteiger partial charge in [0.2, 0.25) is 0 Å². The molecule has 0 saturated carbocycles. The summed E-state index contributed by atoms with van der Waals surface area (Å²) < 4.78 is 40.7. The Morgan fingerprint density at radius 1 is 1.08 bits per heavy atom.